The third-order valence-electron chi connectivity index (χ3n) is 2.55. The Labute approximate surface area is 122 Å². The van der Waals surface area contributed by atoms with Crippen LogP contribution in [0.2, 0.25) is 0 Å². The van der Waals surface area contributed by atoms with E-state index in [0.717, 1.165) is 12.2 Å². The molecule has 1 rings (SSSR count). The Bertz CT molecular complexity index is 343. The van der Waals surface area contributed by atoms with Crippen molar-refractivity contribution in [3.8, 4) is 0 Å². The molecular formula is C12H21NO4S2. The molecule has 0 radical (unpaired) electrons. The fourth-order valence-corrected chi connectivity index (χ4v) is 3.75. The summed E-state index contributed by atoms with van der Waals surface area (Å²) < 4.78 is 5.32. The first-order valence-corrected chi connectivity index (χ1v) is 8.55. The second kappa shape index (κ2) is 6.74. The van der Waals surface area contributed by atoms with Crippen molar-refractivity contribution in [2.45, 2.75) is 44.2 Å². The molecule has 1 amide bonds. The topological polar surface area (TPSA) is 66.8 Å². The van der Waals surface area contributed by atoms with Crippen molar-refractivity contribution in [3.63, 3.8) is 0 Å². The summed E-state index contributed by atoms with van der Waals surface area (Å²) in [5.74, 6) is 0.349. The molecule has 5 nitrogen and oxygen atoms in total. The van der Waals surface area contributed by atoms with Gasteiger partial charge in [0.25, 0.3) is 0 Å². The molecule has 1 fully saturated rings. The molecule has 1 aliphatic heterocycles. The number of carboxylic acids is 1. The van der Waals surface area contributed by atoms with Crippen LogP contribution in [0.25, 0.3) is 0 Å². The minimum atomic E-state index is -0.968. The molecule has 2 atom stereocenters. The van der Waals surface area contributed by atoms with E-state index < -0.39 is 23.7 Å². The zero-order valence-electron chi connectivity index (χ0n) is 11.7. The number of rotatable bonds is 4. The summed E-state index contributed by atoms with van der Waals surface area (Å²) in [6.07, 6.45) is 2.23. The molecule has 0 aromatic heterocycles. The Morgan fingerprint density at radius 1 is 1.47 bits per heavy atom. The Balaban J connectivity index is 2.79. The zero-order valence-corrected chi connectivity index (χ0v) is 13.3. The van der Waals surface area contributed by atoms with Crippen LogP contribution in [0, 0.1) is 0 Å². The van der Waals surface area contributed by atoms with E-state index in [0.29, 0.717) is 5.75 Å². The predicted octanol–water partition coefficient (Wildman–Crippen LogP) is 2.50. The van der Waals surface area contributed by atoms with Gasteiger partial charge in [-0.15, -0.1) is 11.8 Å². The first kappa shape index (κ1) is 16.5. The molecule has 0 spiro atoms. The molecular weight excluding hydrogens is 286 g/mol. The quantitative estimate of drug-likeness (QED) is 0.861. The van der Waals surface area contributed by atoms with Crippen LogP contribution in [0.1, 0.15) is 27.2 Å². The van der Waals surface area contributed by atoms with Gasteiger partial charge in [0.2, 0.25) is 0 Å². The third kappa shape index (κ3) is 4.80. The Hall–Kier alpha value is -0.560. The van der Waals surface area contributed by atoms with Crippen LogP contribution >= 0.6 is 23.5 Å². The van der Waals surface area contributed by atoms with Gasteiger partial charge in [-0.2, -0.15) is 11.8 Å². The summed E-state index contributed by atoms with van der Waals surface area (Å²) in [5, 5.41) is 9.10. The lowest BCUT2D eigenvalue weighted by Gasteiger charge is -2.30. The number of carbonyl (C=O) groups excluding carboxylic acids is 1. The molecule has 0 saturated carbocycles. The summed E-state index contributed by atoms with van der Waals surface area (Å²) in [7, 11) is 0. The van der Waals surface area contributed by atoms with Crippen molar-refractivity contribution >= 4 is 35.6 Å². The van der Waals surface area contributed by atoms with Crippen molar-refractivity contribution in [1.29, 1.82) is 0 Å². The van der Waals surface area contributed by atoms with Crippen LogP contribution in [-0.2, 0) is 9.53 Å². The first-order chi connectivity index (χ1) is 8.76. The van der Waals surface area contributed by atoms with Crippen LogP contribution in [0.5, 0.6) is 0 Å². The van der Waals surface area contributed by atoms with Gasteiger partial charge >= 0.3 is 12.1 Å². The second-order valence-corrected chi connectivity index (χ2v) is 7.51. The van der Waals surface area contributed by atoms with E-state index in [9.17, 15) is 14.7 Å². The number of carbonyl (C=O) groups is 2. The van der Waals surface area contributed by atoms with Gasteiger partial charge in [-0.25, -0.2) is 9.59 Å². The molecule has 0 aromatic rings. The Morgan fingerprint density at radius 3 is 2.58 bits per heavy atom. The number of aliphatic carboxylic acids is 1. The molecule has 0 bridgehead atoms. The average molecular weight is 307 g/mol. The summed E-state index contributed by atoms with van der Waals surface area (Å²) in [6.45, 7) is 5.34. The predicted molar refractivity (Wildman–Crippen MR) is 78.7 cm³/mol. The highest BCUT2D eigenvalue weighted by atomic mass is 32.2. The van der Waals surface area contributed by atoms with Crippen LogP contribution < -0.4 is 0 Å². The molecule has 1 aliphatic rings. The number of amides is 1. The maximum Gasteiger partial charge on any atom is 0.411 e. The number of thioether (sulfide) groups is 2. The van der Waals surface area contributed by atoms with Crippen molar-refractivity contribution in [2.75, 3.05) is 17.8 Å². The summed E-state index contributed by atoms with van der Waals surface area (Å²) in [4.78, 5) is 24.8. The van der Waals surface area contributed by atoms with Crippen LogP contribution in [-0.4, -0.2) is 56.8 Å². The number of nitrogens with zero attached hydrogens (tertiary/aromatic N) is 1. The van der Waals surface area contributed by atoms with Gasteiger partial charge < -0.3 is 9.84 Å². The normalized spacial score (nSPS) is 23.5. The van der Waals surface area contributed by atoms with E-state index in [1.165, 1.54) is 16.7 Å². The molecule has 1 N–H and O–H groups in total. The van der Waals surface area contributed by atoms with Gasteiger partial charge in [0.15, 0.2) is 0 Å². The maximum atomic E-state index is 12.2. The van der Waals surface area contributed by atoms with Crippen LogP contribution in [0.15, 0.2) is 0 Å². The molecule has 0 aliphatic carbocycles. The van der Waals surface area contributed by atoms with Crippen LogP contribution in [0.4, 0.5) is 4.79 Å². The van der Waals surface area contributed by atoms with E-state index >= 15 is 0 Å². The van der Waals surface area contributed by atoms with Gasteiger partial charge in [0, 0.05) is 5.75 Å². The van der Waals surface area contributed by atoms with Gasteiger partial charge in [0.05, 0.1) is 5.37 Å². The standard InChI is InChI=1S/C12H21NO4S2/c1-12(2,3)17-11(16)13-8(10(14)15)7-19-9(13)5-6-18-4/h8-9H,5-7H2,1-4H3,(H,14,15). The van der Waals surface area contributed by atoms with E-state index in [2.05, 4.69) is 0 Å². The minimum Gasteiger partial charge on any atom is -0.480 e. The molecule has 7 heteroatoms. The lowest BCUT2D eigenvalue weighted by Crippen LogP contribution is -2.47. The highest BCUT2D eigenvalue weighted by Gasteiger charge is 2.43. The summed E-state index contributed by atoms with van der Waals surface area (Å²) in [6, 6.07) is -0.785. The second-order valence-electron chi connectivity index (χ2n) is 5.31. The maximum absolute atomic E-state index is 12.2. The third-order valence-corrected chi connectivity index (χ3v) is 4.55. The van der Waals surface area contributed by atoms with Crippen molar-refractivity contribution in [2.24, 2.45) is 0 Å². The summed E-state index contributed by atoms with van der Waals surface area (Å²) >= 11 is 3.20. The minimum absolute atomic E-state index is 0.108. The fraction of sp³-hybridized carbons (Fsp3) is 0.833. The Kier molecular flexibility index (Phi) is 5.85. The number of ether oxygens (including phenoxy) is 1. The van der Waals surface area contributed by atoms with E-state index in [-0.39, 0.29) is 5.37 Å². The SMILES string of the molecule is CSCCC1SCC(C(=O)O)N1C(=O)OC(C)(C)C. The monoisotopic (exact) mass is 307 g/mol. The van der Waals surface area contributed by atoms with Crippen molar-refractivity contribution < 1.29 is 19.4 Å². The molecule has 0 aromatic carbocycles. The smallest absolute Gasteiger partial charge is 0.411 e. The van der Waals surface area contributed by atoms with Crippen molar-refractivity contribution in [1.82, 2.24) is 4.90 Å². The summed E-state index contributed by atoms with van der Waals surface area (Å²) in [5.41, 5.74) is -0.614. The molecule has 19 heavy (non-hydrogen) atoms. The van der Waals surface area contributed by atoms with E-state index in [1.807, 2.05) is 6.26 Å². The molecule has 1 saturated heterocycles. The van der Waals surface area contributed by atoms with Gasteiger partial charge in [-0.1, -0.05) is 0 Å². The zero-order chi connectivity index (χ0) is 14.6. The fourth-order valence-electron chi connectivity index (χ4n) is 1.75. The van der Waals surface area contributed by atoms with Gasteiger partial charge in [-0.05, 0) is 39.2 Å². The number of hydrogen-bond donors (Lipinski definition) is 1. The number of carboxylic acid groups (broad SMARTS) is 1. The highest BCUT2D eigenvalue weighted by molar-refractivity contribution is 8.00. The lowest BCUT2D eigenvalue weighted by molar-refractivity contribution is -0.142. The molecule has 2 unspecified atom stereocenters. The number of hydrogen-bond acceptors (Lipinski definition) is 5. The molecule has 1 heterocycles. The highest BCUT2D eigenvalue weighted by Crippen LogP contribution is 2.33. The largest absolute Gasteiger partial charge is 0.480 e. The Morgan fingerprint density at radius 2 is 2.11 bits per heavy atom. The van der Waals surface area contributed by atoms with Gasteiger partial charge in [-0.3, -0.25) is 4.90 Å². The molecule has 110 valence electrons. The van der Waals surface area contributed by atoms with Crippen molar-refractivity contribution in [3.05, 3.63) is 0 Å². The first-order valence-electron chi connectivity index (χ1n) is 6.11. The van der Waals surface area contributed by atoms with E-state index in [1.54, 1.807) is 32.5 Å². The lowest BCUT2D eigenvalue weighted by atomic mass is 10.2. The van der Waals surface area contributed by atoms with Gasteiger partial charge in [0.1, 0.15) is 11.6 Å². The van der Waals surface area contributed by atoms with Crippen LogP contribution in [0.3, 0.4) is 0 Å². The van der Waals surface area contributed by atoms with E-state index in [4.69, 9.17) is 4.74 Å². The average Bonchev–Trinajstić information content (AvgIpc) is 2.67.